The second-order valence-electron chi connectivity index (χ2n) is 4.54. The number of hydrogen-bond donors (Lipinski definition) is 0. The van der Waals surface area contributed by atoms with E-state index in [1.165, 1.54) is 11.8 Å². The average Bonchev–Trinajstić information content (AvgIpc) is 3.13. The van der Waals surface area contributed by atoms with Gasteiger partial charge in [0.05, 0.1) is 17.3 Å². The normalized spacial score (nSPS) is 11.3. The summed E-state index contributed by atoms with van der Waals surface area (Å²) >= 11 is 0. The van der Waals surface area contributed by atoms with Crippen molar-refractivity contribution in [3.63, 3.8) is 0 Å². The van der Waals surface area contributed by atoms with E-state index in [9.17, 15) is 10.4 Å². The topological polar surface area (TPSA) is 97.7 Å². The van der Waals surface area contributed by atoms with E-state index in [-0.39, 0.29) is 0 Å². The maximum Gasteiger partial charge on any atom is 0.302 e. The molecule has 1 aromatic carbocycles. The lowest BCUT2D eigenvalue weighted by atomic mass is 10.0. The summed E-state index contributed by atoms with van der Waals surface area (Å²) in [6, 6.07) is 12.0. The summed E-state index contributed by atoms with van der Waals surface area (Å²) in [6.07, 6.45) is 0.923. The number of rotatable bonds is 0. The molecule has 0 spiro atoms. The number of aryl methyl sites for hydroxylation is 1. The standard InChI is InChI=1S/C7H7N5O3.C6H6.C2H6/c1-10-8-6-4(11(10)13)2-3-5-7(6)9-15-12(5)14;1-2-4-6-5-3-1;1-2/h2-3H2,1H3;1-6H;1-2H3. The Kier molecular flexibility index (Phi) is 5.29. The molecule has 0 unspecified atom stereocenters. The molecule has 0 bridgehead atoms. The van der Waals surface area contributed by atoms with E-state index in [0.29, 0.717) is 45.4 Å². The van der Waals surface area contributed by atoms with Crippen molar-refractivity contribution < 1.29 is 14.4 Å². The van der Waals surface area contributed by atoms with Gasteiger partial charge in [-0.15, -0.1) is 0 Å². The van der Waals surface area contributed by atoms with Crippen LogP contribution in [0.5, 0.6) is 0 Å². The van der Waals surface area contributed by atoms with Crippen LogP contribution in [0.2, 0.25) is 0 Å². The molecule has 23 heavy (non-hydrogen) atoms. The van der Waals surface area contributed by atoms with Gasteiger partial charge < -0.3 is 10.4 Å². The van der Waals surface area contributed by atoms with Gasteiger partial charge >= 0.3 is 11.4 Å². The lowest BCUT2D eigenvalue weighted by Crippen LogP contribution is -2.40. The zero-order valence-electron chi connectivity index (χ0n) is 13.3. The van der Waals surface area contributed by atoms with Crippen LogP contribution in [-0.2, 0) is 19.9 Å². The fourth-order valence-corrected chi connectivity index (χ4v) is 2.18. The molecule has 8 nitrogen and oxygen atoms in total. The number of aromatic nitrogens is 5. The summed E-state index contributed by atoms with van der Waals surface area (Å²) in [5.74, 6) is 0. The maximum absolute atomic E-state index is 11.5. The Morgan fingerprint density at radius 2 is 1.48 bits per heavy atom. The van der Waals surface area contributed by atoms with Crippen LogP contribution in [0, 0.1) is 10.4 Å². The summed E-state index contributed by atoms with van der Waals surface area (Å²) < 4.78 is 4.47. The van der Waals surface area contributed by atoms with Crippen molar-refractivity contribution >= 4 is 0 Å². The van der Waals surface area contributed by atoms with Crippen molar-refractivity contribution in [2.45, 2.75) is 26.7 Å². The van der Waals surface area contributed by atoms with Crippen LogP contribution in [0.4, 0.5) is 0 Å². The van der Waals surface area contributed by atoms with Gasteiger partial charge in [0.25, 0.3) is 0 Å². The van der Waals surface area contributed by atoms with Gasteiger partial charge in [-0.1, -0.05) is 50.2 Å². The average molecular weight is 317 g/mol. The second-order valence-corrected chi connectivity index (χ2v) is 4.54. The molecule has 1 aliphatic carbocycles. The first-order valence-electron chi connectivity index (χ1n) is 7.43. The van der Waals surface area contributed by atoms with Gasteiger partial charge in [0.15, 0.2) is 5.69 Å². The van der Waals surface area contributed by atoms with Crippen molar-refractivity contribution in [1.29, 1.82) is 0 Å². The molecule has 122 valence electrons. The molecule has 0 atom stereocenters. The fraction of sp³-hybridized carbons (Fsp3) is 0.333. The fourth-order valence-electron chi connectivity index (χ4n) is 2.18. The molecule has 0 saturated carbocycles. The maximum atomic E-state index is 11.5. The molecule has 3 aromatic rings. The zero-order valence-corrected chi connectivity index (χ0v) is 13.3. The van der Waals surface area contributed by atoms with E-state index in [1.807, 2.05) is 50.2 Å². The van der Waals surface area contributed by atoms with Gasteiger partial charge in [0.1, 0.15) is 0 Å². The predicted octanol–water partition coefficient (Wildman–Crippen LogP) is 1.15. The molecular formula is C15H19N5O3. The van der Waals surface area contributed by atoms with Crippen LogP contribution < -0.4 is 9.75 Å². The Hall–Kier alpha value is -2.90. The highest BCUT2D eigenvalue weighted by atomic mass is 16.8. The first-order chi connectivity index (χ1) is 11.2. The summed E-state index contributed by atoms with van der Waals surface area (Å²) in [4.78, 5) is 2.23. The third-order valence-electron chi connectivity index (χ3n) is 3.20. The van der Waals surface area contributed by atoms with Crippen LogP contribution in [-0.4, -0.2) is 15.1 Å². The third kappa shape index (κ3) is 3.31. The highest BCUT2D eigenvalue weighted by molar-refractivity contribution is 5.58. The van der Waals surface area contributed by atoms with Crippen LogP contribution in [0.3, 0.4) is 0 Å². The van der Waals surface area contributed by atoms with E-state index in [4.69, 9.17) is 0 Å². The molecule has 8 heteroatoms. The number of hydrogen-bond acceptors (Lipinski definition) is 5. The van der Waals surface area contributed by atoms with Gasteiger partial charge in [-0.25, -0.2) is 0 Å². The van der Waals surface area contributed by atoms with E-state index >= 15 is 0 Å². The first kappa shape index (κ1) is 16.5. The van der Waals surface area contributed by atoms with Crippen LogP contribution in [0.25, 0.3) is 11.4 Å². The molecule has 0 radical (unpaired) electrons. The highest BCUT2D eigenvalue weighted by Crippen LogP contribution is 2.25. The number of nitrogens with zero attached hydrogens (tertiary/aromatic N) is 5. The molecule has 0 N–H and O–H groups in total. The summed E-state index contributed by atoms with van der Waals surface area (Å²) in [6.45, 7) is 4.00. The van der Waals surface area contributed by atoms with Crippen molar-refractivity contribution in [2.75, 3.05) is 0 Å². The predicted molar refractivity (Wildman–Crippen MR) is 81.8 cm³/mol. The highest BCUT2D eigenvalue weighted by Gasteiger charge is 2.37. The summed E-state index contributed by atoms with van der Waals surface area (Å²) in [5.41, 5.74) is 1.77. The van der Waals surface area contributed by atoms with Crippen molar-refractivity contribution in [1.82, 2.24) is 15.1 Å². The van der Waals surface area contributed by atoms with E-state index in [2.05, 4.69) is 14.9 Å². The number of benzene rings is 1. The van der Waals surface area contributed by atoms with E-state index in [0.717, 1.165) is 0 Å². The van der Waals surface area contributed by atoms with Gasteiger partial charge in [0, 0.05) is 12.8 Å². The van der Waals surface area contributed by atoms with Gasteiger partial charge in [0.2, 0.25) is 5.69 Å². The monoisotopic (exact) mass is 317 g/mol. The van der Waals surface area contributed by atoms with Crippen molar-refractivity contribution in [3.8, 4) is 11.4 Å². The van der Waals surface area contributed by atoms with Crippen LogP contribution in [0.1, 0.15) is 25.2 Å². The molecule has 1 aliphatic rings. The molecule has 4 rings (SSSR count). The Labute approximate surface area is 133 Å². The molecule has 2 aromatic heterocycles. The first-order valence-corrected chi connectivity index (χ1v) is 7.43. The molecular weight excluding hydrogens is 298 g/mol. The van der Waals surface area contributed by atoms with E-state index < -0.39 is 0 Å². The lowest BCUT2D eigenvalue weighted by molar-refractivity contribution is -0.808. The summed E-state index contributed by atoms with van der Waals surface area (Å²) in [7, 11) is 1.54. The van der Waals surface area contributed by atoms with Crippen molar-refractivity contribution in [3.05, 3.63) is 58.2 Å². The molecule has 2 heterocycles. The third-order valence-corrected chi connectivity index (χ3v) is 3.20. The van der Waals surface area contributed by atoms with Crippen molar-refractivity contribution in [2.24, 2.45) is 7.05 Å². The van der Waals surface area contributed by atoms with E-state index in [1.54, 1.807) is 0 Å². The Bertz CT molecular complexity index is 725. The second kappa shape index (κ2) is 7.39. The minimum absolute atomic E-state index is 0.363. The Morgan fingerprint density at radius 3 is 2.04 bits per heavy atom. The van der Waals surface area contributed by atoms with Gasteiger partial charge in [-0.05, 0) is 9.70 Å². The SMILES string of the molecule is CC.Cn1nc2c([n+]1[O-])CCc1c-2no[n+]1[O-].c1ccccc1. The summed E-state index contributed by atoms with van der Waals surface area (Å²) in [5, 5.41) is 30.2. The minimum atomic E-state index is 0.363. The number of fused-ring (bicyclic) bond motifs is 3. The quantitative estimate of drug-likeness (QED) is 0.457. The van der Waals surface area contributed by atoms with Crippen LogP contribution in [0.15, 0.2) is 41.0 Å². The van der Waals surface area contributed by atoms with Gasteiger partial charge in [-0.3, -0.25) is 4.63 Å². The van der Waals surface area contributed by atoms with Crippen LogP contribution >= 0.6 is 0 Å². The lowest BCUT2D eigenvalue weighted by Gasteiger charge is -2.05. The molecule has 0 aliphatic heterocycles. The zero-order chi connectivity index (χ0) is 16.8. The molecule has 0 amide bonds. The molecule has 0 saturated heterocycles. The smallest absolute Gasteiger partial charge is 0.302 e. The Morgan fingerprint density at radius 1 is 0.957 bits per heavy atom. The minimum Gasteiger partial charge on any atom is -0.692 e. The Balaban J connectivity index is 0.000000202. The van der Waals surface area contributed by atoms with Gasteiger partial charge in [-0.2, -0.15) is 4.85 Å². The largest absolute Gasteiger partial charge is 0.692 e. The molecule has 0 fully saturated rings.